The maximum atomic E-state index is 12.3. The molecule has 0 amide bonds. The smallest absolute Gasteiger partial charge is 0.434 e. The van der Waals surface area contributed by atoms with Gasteiger partial charge in [-0.1, -0.05) is 85.8 Å². The van der Waals surface area contributed by atoms with Gasteiger partial charge in [0, 0.05) is 6.42 Å². The van der Waals surface area contributed by atoms with Gasteiger partial charge in [-0.3, -0.25) is 0 Å². The maximum absolute atomic E-state index is 12.3. The zero-order valence-corrected chi connectivity index (χ0v) is 24.6. The summed E-state index contributed by atoms with van der Waals surface area (Å²) in [5, 5.41) is 0. The van der Waals surface area contributed by atoms with Crippen LogP contribution in [-0.2, 0) is 9.47 Å². The van der Waals surface area contributed by atoms with E-state index < -0.39 is 6.16 Å². The van der Waals surface area contributed by atoms with Gasteiger partial charge in [-0.2, -0.15) is 0 Å². The van der Waals surface area contributed by atoms with Gasteiger partial charge in [-0.15, -0.1) is 0 Å². The monoisotopic (exact) mass is 500 g/mol. The van der Waals surface area contributed by atoms with Gasteiger partial charge in [0.05, 0.1) is 6.61 Å². The van der Waals surface area contributed by atoms with Crippen LogP contribution in [0, 0.1) is 52.3 Å². The molecule has 206 valence electrons. The van der Waals surface area contributed by atoms with E-state index in [1.165, 1.54) is 51.4 Å². The minimum absolute atomic E-state index is 0.0123. The lowest BCUT2D eigenvalue weighted by molar-refractivity contribution is -0.0621. The van der Waals surface area contributed by atoms with Crippen molar-refractivity contribution in [2.45, 2.75) is 132 Å². The van der Waals surface area contributed by atoms with Gasteiger partial charge in [0.2, 0.25) is 0 Å². The summed E-state index contributed by atoms with van der Waals surface area (Å²) >= 11 is 0. The fourth-order valence-electron chi connectivity index (χ4n) is 9.25. The number of allylic oxidation sites excluding steroid dienone is 1. The van der Waals surface area contributed by atoms with Crippen LogP contribution in [0.15, 0.2) is 11.6 Å². The minimum atomic E-state index is -0.467. The Hall–Kier alpha value is -0.990. The zero-order chi connectivity index (χ0) is 26.1. The molecule has 3 fully saturated rings. The van der Waals surface area contributed by atoms with Crippen molar-refractivity contribution >= 4 is 6.16 Å². The normalized spacial score (nSPS) is 39.4. The summed E-state index contributed by atoms with van der Waals surface area (Å²) in [5.41, 5.74) is 2.42. The van der Waals surface area contributed by atoms with Crippen LogP contribution < -0.4 is 0 Å². The standard InChI is InChI=1S/C33H56O3/c1-8-23(4)21-35-31(34)36-26-16-18-32(6)25(20-26)12-13-27-29-15-14-28(24(5)11-9-10-22(2)3)33(29,7)19-17-30(27)32/h12,22-24,26-30H,8-11,13-21H2,1-7H3/t23-,24-,26+,27-,28+,29-,30-,32-,33+/m0/s1. The van der Waals surface area contributed by atoms with Crippen LogP contribution in [0.1, 0.15) is 126 Å². The molecule has 36 heavy (non-hydrogen) atoms. The van der Waals surface area contributed by atoms with Crippen molar-refractivity contribution in [1.29, 1.82) is 0 Å². The predicted molar refractivity (Wildman–Crippen MR) is 149 cm³/mol. The molecule has 3 saturated carbocycles. The molecule has 0 aliphatic heterocycles. The van der Waals surface area contributed by atoms with Gasteiger partial charge in [-0.05, 0) is 97.2 Å². The van der Waals surface area contributed by atoms with Crippen molar-refractivity contribution in [3.8, 4) is 0 Å². The molecule has 0 spiro atoms. The van der Waals surface area contributed by atoms with E-state index in [4.69, 9.17) is 9.47 Å². The summed E-state index contributed by atoms with van der Waals surface area (Å²) in [6.45, 7) is 17.2. The number of rotatable bonds is 9. The summed E-state index contributed by atoms with van der Waals surface area (Å²) in [7, 11) is 0. The highest BCUT2D eigenvalue weighted by molar-refractivity contribution is 5.60. The fraction of sp³-hybridized carbons (Fsp3) is 0.909. The highest BCUT2D eigenvalue weighted by Crippen LogP contribution is 2.67. The summed E-state index contributed by atoms with van der Waals surface area (Å²) in [4.78, 5) is 12.3. The van der Waals surface area contributed by atoms with Crippen molar-refractivity contribution < 1.29 is 14.3 Å². The number of hydrogen-bond donors (Lipinski definition) is 0. The Bertz CT molecular complexity index is 786. The molecule has 4 rings (SSSR count). The number of carbonyl (C=O) groups is 1. The molecule has 0 bridgehead atoms. The maximum Gasteiger partial charge on any atom is 0.508 e. The molecule has 0 aromatic carbocycles. The fourth-order valence-corrected chi connectivity index (χ4v) is 9.25. The van der Waals surface area contributed by atoms with Gasteiger partial charge >= 0.3 is 6.16 Å². The van der Waals surface area contributed by atoms with Crippen molar-refractivity contribution in [2.75, 3.05) is 6.61 Å². The molecule has 4 aliphatic carbocycles. The number of fused-ring (bicyclic) bond motifs is 5. The van der Waals surface area contributed by atoms with Crippen LogP contribution in [0.5, 0.6) is 0 Å². The van der Waals surface area contributed by atoms with Crippen molar-refractivity contribution in [3.63, 3.8) is 0 Å². The van der Waals surface area contributed by atoms with Crippen LogP contribution >= 0.6 is 0 Å². The average molecular weight is 501 g/mol. The van der Waals surface area contributed by atoms with E-state index in [1.54, 1.807) is 5.57 Å². The lowest BCUT2D eigenvalue weighted by Crippen LogP contribution is -2.51. The van der Waals surface area contributed by atoms with E-state index in [-0.39, 0.29) is 6.10 Å². The number of hydrogen-bond acceptors (Lipinski definition) is 3. The summed E-state index contributed by atoms with van der Waals surface area (Å²) in [5.74, 6) is 5.56. The first kappa shape index (κ1) is 28.0. The summed E-state index contributed by atoms with van der Waals surface area (Å²) in [6, 6.07) is 0. The molecule has 3 heteroatoms. The van der Waals surface area contributed by atoms with Gasteiger partial charge in [-0.25, -0.2) is 4.79 Å². The molecule has 0 unspecified atom stereocenters. The molecule has 4 aliphatic rings. The van der Waals surface area contributed by atoms with E-state index in [2.05, 4.69) is 54.5 Å². The molecule has 3 nitrogen and oxygen atoms in total. The van der Waals surface area contributed by atoms with Gasteiger partial charge in [0.1, 0.15) is 6.10 Å². The molecule has 9 atom stereocenters. The predicted octanol–water partition coefficient (Wildman–Crippen LogP) is 9.60. The van der Waals surface area contributed by atoms with E-state index in [1.807, 2.05) is 0 Å². The van der Waals surface area contributed by atoms with Gasteiger partial charge < -0.3 is 9.47 Å². The van der Waals surface area contributed by atoms with E-state index >= 15 is 0 Å². The first-order valence-electron chi connectivity index (χ1n) is 15.6. The summed E-state index contributed by atoms with van der Waals surface area (Å²) in [6.07, 6.45) is 17.3. The SMILES string of the molecule is CC[C@H](C)COC(=O)O[C@@H]1CC[C@@]2(C)C(=CC[C@H]3[C@@H]4CC[C@H]([C@@H](C)CCCC(C)C)[C@@]4(C)CC[C@@H]32)C1. The Kier molecular flexibility index (Phi) is 8.88. The lowest BCUT2D eigenvalue weighted by Gasteiger charge is -2.58. The van der Waals surface area contributed by atoms with E-state index in [0.29, 0.717) is 23.4 Å². The minimum Gasteiger partial charge on any atom is -0.434 e. The van der Waals surface area contributed by atoms with Crippen molar-refractivity contribution in [3.05, 3.63) is 11.6 Å². The molecular weight excluding hydrogens is 444 g/mol. The second kappa shape index (κ2) is 11.4. The Labute approximate surface area is 222 Å². The topological polar surface area (TPSA) is 35.5 Å². The number of ether oxygens (including phenoxy) is 2. The Morgan fingerprint density at radius 2 is 1.81 bits per heavy atom. The molecule has 0 aromatic heterocycles. The zero-order valence-electron chi connectivity index (χ0n) is 24.6. The molecule has 0 aromatic rings. The average Bonchev–Trinajstić information content (AvgIpc) is 3.19. The van der Waals surface area contributed by atoms with Crippen LogP contribution in [0.25, 0.3) is 0 Å². The first-order valence-corrected chi connectivity index (χ1v) is 15.6. The van der Waals surface area contributed by atoms with Gasteiger partial charge in [0.25, 0.3) is 0 Å². The first-order chi connectivity index (χ1) is 17.1. The van der Waals surface area contributed by atoms with Gasteiger partial charge in [0.15, 0.2) is 0 Å². The van der Waals surface area contributed by atoms with E-state index in [9.17, 15) is 4.79 Å². The molecule has 0 saturated heterocycles. The van der Waals surface area contributed by atoms with Crippen LogP contribution in [0.2, 0.25) is 0 Å². The molecule has 0 radical (unpaired) electrons. The van der Waals surface area contributed by atoms with E-state index in [0.717, 1.165) is 61.2 Å². The second-order valence-electron chi connectivity index (χ2n) is 14.3. The Morgan fingerprint density at radius 1 is 1.03 bits per heavy atom. The lowest BCUT2D eigenvalue weighted by atomic mass is 9.47. The van der Waals surface area contributed by atoms with Crippen LogP contribution in [0.3, 0.4) is 0 Å². The van der Waals surface area contributed by atoms with Crippen molar-refractivity contribution in [2.24, 2.45) is 52.3 Å². The highest BCUT2D eigenvalue weighted by atomic mass is 16.7. The quantitative estimate of drug-likeness (QED) is 0.233. The molecule has 0 N–H and O–H groups in total. The third-order valence-corrected chi connectivity index (χ3v) is 11.7. The largest absolute Gasteiger partial charge is 0.508 e. The second-order valence-corrected chi connectivity index (χ2v) is 14.3. The van der Waals surface area contributed by atoms with Crippen LogP contribution in [0.4, 0.5) is 4.79 Å². The third kappa shape index (κ3) is 5.56. The Balaban J connectivity index is 1.38. The third-order valence-electron chi connectivity index (χ3n) is 11.7. The molecular formula is C33H56O3. The number of carbonyl (C=O) groups excluding carboxylic acids is 1. The van der Waals surface area contributed by atoms with Crippen LogP contribution in [-0.4, -0.2) is 18.9 Å². The molecule has 0 heterocycles. The highest BCUT2D eigenvalue weighted by Gasteiger charge is 2.59. The van der Waals surface area contributed by atoms with Crippen molar-refractivity contribution in [1.82, 2.24) is 0 Å². The summed E-state index contributed by atoms with van der Waals surface area (Å²) < 4.78 is 11.2. The Morgan fingerprint density at radius 3 is 2.53 bits per heavy atom.